The average Bonchev–Trinajstić information content (AvgIpc) is 2.77. The number of nitrogens with two attached hydrogens (primary N) is 1. The van der Waals surface area contributed by atoms with Crippen LogP contribution in [0.15, 0.2) is 57.7 Å². The van der Waals surface area contributed by atoms with Crippen molar-refractivity contribution >= 4 is 39.9 Å². The maximum Gasteiger partial charge on any atom is 0.338 e. The van der Waals surface area contributed by atoms with E-state index in [9.17, 15) is 19.5 Å². The normalized spacial score (nSPS) is 11.7. The van der Waals surface area contributed by atoms with E-state index in [-0.39, 0.29) is 12.8 Å². The van der Waals surface area contributed by atoms with Crippen molar-refractivity contribution in [2.45, 2.75) is 18.9 Å². The Morgan fingerprint density at radius 1 is 1.22 bits per heavy atom. The minimum Gasteiger partial charge on any atom is -0.495 e. The number of ether oxygens (including phenoxy) is 1. The number of carboxylic acid groups (broad SMARTS) is 1. The summed E-state index contributed by atoms with van der Waals surface area (Å²) in [6.07, 6.45) is -0.0550. The minimum atomic E-state index is -1.13. The molecule has 0 aliphatic carbocycles. The molecule has 10 nitrogen and oxygen atoms in total. The van der Waals surface area contributed by atoms with Gasteiger partial charge in [-0.05, 0) is 36.8 Å². The number of anilines is 3. The van der Waals surface area contributed by atoms with E-state index < -0.39 is 23.5 Å². The van der Waals surface area contributed by atoms with Gasteiger partial charge in [0.1, 0.15) is 17.4 Å². The number of primary amides is 1. The number of hydrogen-bond acceptors (Lipinski definition) is 8. The van der Waals surface area contributed by atoms with Crippen LogP contribution >= 0.6 is 0 Å². The van der Waals surface area contributed by atoms with Crippen LogP contribution in [0.3, 0.4) is 0 Å². The summed E-state index contributed by atoms with van der Waals surface area (Å²) in [5.41, 5.74) is 12.5. The zero-order valence-corrected chi connectivity index (χ0v) is 17.6. The summed E-state index contributed by atoms with van der Waals surface area (Å²) in [6, 6.07) is 12.8. The smallest absolute Gasteiger partial charge is 0.338 e. The third-order valence-electron chi connectivity index (χ3n) is 4.92. The van der Waals surface area contributed by atoms with Crippen molar-refractivity contribution in [3.05, 3.63) is 59.0 Å². The third-order valence-corrected chi connectivity index (χ3v) is 4.92. The Balaban J connectivity index is 1.90. The SMILES string of the molecule is COc1ccc(N(C)c2cc(=O)oc3ccccc23)cc1NN[C@@H](CCC(N)=O)C(=O)O. The molecule has 3 rings (SSSR count). The zero-order chi connectivity index (χ0) is 23.3. The minimum absolute atomic E-state index is 0.0192. The predicted octanol–water partition coefficient (Wildman–Crippen LogP) is 2.20. The fraction of sp³-hybridized carbons (Fsp3) is 0.227. The van der Waals surface area contributed by atoms with Crippen LogP contribution in [-0.4, -0.2) is 37.2 Å². The van der Waals surface area contributed by atoms with Gasteiger partial charge in [0.15, 0.2) is 0 Å². The van der Waals surface area contributed by atoms with Crippen LogP contribution in [0, 0.1) is 0 Å². The number of amides is 1. The lowest BCUT2D eigenvalue weighted by Gasteiger charge is -2.23. The number of methoxy groups -OCH3 is 1. The van der Waals surface area contributed by atoms with E-state index in [0.29, 0.717) is 28.4 Å². The quantitative estimate of drug-likeness (QED) is 0.275. The molecule has 32 heavy (non-hydrogen) atoms. The van der Waals surface area contributed by atoms with Crippen molar-refractivity contribution in [1.29, 1.82) is 0 Å². The van der Waals surface area contributed by atoms with E-state index in [0.717, 1.165) is 5.39 Å². The van der Waals surface area contributed by atoms with Crippen molar-refractivity contribution in [3.63, 3.8) is 0 Å². The van der Waals surface area contributed by atoms with Crippen LogP contribution in [0.2, 0.25) is 0 Å². The molecule has 1 heterocycles. The zero-order valence-electron chi connectivity index (χ0n) is 17.6. The summed E-state index contributed by atoms with van der Waals surface area (Å²) in [7, 11) is 3.29. The van der Waals surface area contributed by atoms with Gasteiger partial charge in [-0.1, -0.05) is 12.1 Å². The van der Waals surface area contributed by atoms with Crippen LogP contribution in [-0.2, 0) is 9.59 Å². The highest BCUT2D eigenvalue weighted by Crippen LogP contribution is 2.34. The number of aliphatic carboxylic acids is 1. The molecule has 168 valence electrons. The molecule has 0 saturated carbocycles. The number of carboxylic acids is 1. The first-order valence-corrected chi connectivity index (χ1v) is 9.77. The van der Waals surface area contributed by atoms with Crippen LogP contribution in [0.5, 0.6) is 5.75 Å². The Bertz CT molecular complexity index is 1190. The van der Waals surface area contributed by atoms with E-state index in [1.165, 1.54) is 13.2 Å². The van der Waals surface area contributed by atoms with Crippen molar-refractivity contribution < 1.29 is 23.8 Å². The van der Waals surface area contributed by atoms with Crippen LogP contribution in [0.1, 0.15) is 12.8 Å². The van der Waals surface area contributed by atoms with Gasteiger partial charge in [-0.2, -0.15) is 0 Å². The molecule has 0 spiro atoms. The van der Waals surface area contributed by atoms with Gasteiger partial charge in [-0.3, -0.25) is 9.59 Å². The lowest BCUT2D eigenvalue weighted by molar-refractivity contribution is -0.139. The van der Waals surface area contributed by atoms with Gasteiger partial charge in [-0.25, -0.2) is 10.2 Å². The number of carbonyl (C=O) groups is 2. The van der Waals surface area contributed by atoms with E-state index in [4.69, 9.17) is 14.9 Å². The number of hydrazine groups is 1. The van der Waals surface area contributed by atoms with Crippen LogP contribution < -0.4 is 31.8 Å². The fourth-order valence-corrected chi connectivity index (χ4v) is 3.22. The van der Waals surface area contributed by atoms with Gasteiger partial charge in [0.25, 0.3) is 0 Å². The van der Waals surface area contributed by atoms with Crippen LogP contribution in [0.4, 0.5) is 17.1 Å². The Hall–Kier alpha value is -4.05. The third kappa shape index (κ3) is 5.16. The molecule has 1 aromatic heterocycles. The van der Waals surface area contributed by atoms with E-state index in [1.807, 2.05) is 17.0 Å². The lowest BCUT2D eigenvalue weighted by Crippen LogP contribution is -2.41. The molecule has 0 bridgehead atoms. The first-order chi connectivity index (χ1) is 15.3. The molecule has 1 amide bonds. The van der Waals surface area contributed by atoms with Gasteiger partial charge < -0.3 is 30.3 Å². The summed E-state index contributed by atoms with van der Waals surface area (Å²) in [6.45, 7) is 0. The lowest BCUT2D eigenvalue weighted by atomic mass is 10.1. The summed E-state index contributed by atoms with van der Waals surface area (Å²) in [5, 5.41) is 10.1. The van der Waals surface area contributed by atoms with Gasteiger partial charge in [0.2, 0.25) is 5.91 Å². The molecule has 1 atom stereocenters. The number of para-hydroxylation sites is 1. The molecule has 0 radical (unpaired) electrons. The Labute approximate surface area is 183 Å². The maximum absolute atomic E-state index is 12.0. The number of carbonyl (C=O) groups excluding carboxylic acids is 1. The molecule has 0 saturated heterocycles. The number of benzene rings is 2. The van der Waals surface area contributed by atoms with E-state index in [2.05, 4.69) is 10.9 Å². The number of nitrogens with zero attached hydrogens (tertiary/aromatic N) is 1. The van der Waals surface area contributed by atoms with Crippen molar-refractivity contribution in [2.24, 2.45) is 5.73 Å². The average molecular weight is 440 g/mol. The number of fused-ring (bicyclic) bond motifs is 1. The summed E-state index contributed by atoms with van der Waals surface area (Å²) < 4.78 is 10.6. The Kier molecular flexibility index (Phi) is 6.96. The molecule has 0 unspecified atom stereocenters. The van der Waals surface area contributed by atoms with Crippen LogP contribution in [0.25, 0.3) is 11.0 Å². The second kappa shape index (κ2) is 9.84. The molecule has 0 aliphatic heterocycles. The molecule has 2 aromatic carbocycles. The van der Waals surface area contributed by atoms with E-state index >= 15 is 0 Å². The first kappa shape index (κ1) is 22.6. The second-order valence-electron chi connectivity index (χ2n) is 7.06. The van der Waals surface area contributed by atoms with Gasteiger partial charge >= 0.3 is 11.6 Å². The fourth-order valence-electron chi connectivity index (χ4n) is 3.22. The molecular weight excluding hydrogens is 416 g/mol. The largest absolute Gasteiger partial charge is 0.495 e. The molecule has 0 aliphatic rings. The molecule has 3 aromatic rings. The predicted molar refractivity (Wildman–Crippen MR) is 120 cm³/mol. The number of nitrogens with one attached hydrogen (secondary N) is 2. The molecular formula is C22H24N4O6. The highest BCUT2D eigenvalue weighted by molar-refractivity contribution is 5.92. The number of rotatable bonds is 10. The second-order valence-corrected chi connectivity index (χ2v) is 7.06. The van der Waals surface area contributed by atoms with E-state index in [1.54, 1.807) is 37.4 Å². The van der Waals surface area contributed by atoms with Crippen molar-refractivity contribution in [1.82, 2.24) is 5.43 Å². The van der Waals surface area contributed by atoms with Crippen molar-refractivity contribution in [2.75, 3.05) is 24.5 Å². The summed E-state index contributed by atoms with van der Waals surface area (Å²) >= 11 is 0. The summed E-state index contributed by atoms with van der Waals surface area (Å²) in [5.74, 6) is -1.25. The molecule has 0 fully saturated rings. The van der Waals surface area contributed by atoms with Gasteiger partial charge in [-0.15, -0.1) is 0 Å². The first-order valence-electron chi connectivity index (χ1n) is 9.77. The Morgan fingerprint density at radius 2 is 1.97 bits per heavy atom. The summed E-state index contributed by atoms with van der Waals surface area (Å²) in [4.78, 5) is 36.3. The highest BCUT2D eigenvalue weighted by atomic mass is 16.5. The number of hydrogen-bond donors (Lipinski definition) is 4. The molecule has 10 heteroatoms. The van der Waals surface area contributed by atoms with Gasteiger partial charge in [0.05, 0.1) is 18.5 Å². The topological polar surface area (TPSA) is 147 Å². The maximum atomic E-state index is 12.0. The van der Waals surface area contributed by atoms with Crippen molar-refractivity contribution in [3.8, 4) is 5.75 Å². The Morgan fingerprint density at radius 3 is 2.66 bits per heavy atom. The monoisotopic (exact) mass is 440 g/mol. The highest BCUT2D eigenvalue weighted by Gasteiger charge is 2.19. The standard InChI is InChI=1S/C22H24N4O6/c1-26(17-12-21(28)32-18-6-4-3-5-14(17)18)13-7-9-19(31-2)16(11-13)25-24-15(22(29)30)8-10-20(23)27/h3-7,9,11-12,15,24-25H,8,10H2,1-2H3,(H2,23,27)(H,29,30)/t15-/m0/s1. The molecule has 5 N–H and O–H groups in total. The van der Waals surface area contributed by atoms with Gasteiger partial charge in [0, 0.05) is 30.6 Å².